The normalized spacial score (nSPS) is 11.0. The lowest BCUT2D eigenvalue weighted by Gasteiger charge is -2.11. The number of ether oxygens (including phenoxy) is 2. The minimum absolute atomic E-state index is 0.0569. The molecule has 11 nitrogen and oxygen atoms in total. The number of nitro benzene ring substituents is 1. The van der Waals surface area contributed by atoms with Crippen molar-refractivity contribution in [3.05, 3.63) is 76.6 Å². The molecule has 5 rings (SSSR count). The molecule has 13 heteroatoms. The van der Waals surface area contributed by atoms with Crippen LogP contribution in [-0.2, 0) is 4.79 Å². The summed E-state index contributed by atoms with van der Waals surface area (Å²) >= 11 is 1.09. The molecule has 0 atom stereocenters. The first-order valence-electron chi connectivity index (χ1n) is 11.1. The molecule has 0 aliphatic carbocycles. The van der Waals surface area contributed by atoms with E-state index in [9.17, 15) is 19.3 Å². The van der Waals surface area contributed by atoms with Gasteiger partial charge in [0.2, 0.25) is 5.91 Å². The van der Waals surface area contributed by atoms with Gasteiger partial charge in [-0.15, -0.1) is 5.10 Å². The fourth-order valence-electron chi connectivity index (χ4n) is 3.74. The molecule has 5 aromatic rings. The maximum atomic E-state index is 13.9. The summed E-state index contributed by atoms with van der Waals surface area (Å²) in [6.45, 7) is 0. The molecule has 0 radical (unpaired) electrons. The molecule has 3 aromatic carbocycles. The summed E-state index contributed by atoms with van der Waals surface area (Å²) in [5.41, 5.74) is 1.53. The van der Waals surface area contributed by atoms with Crippen LogP contribution in [-0.4, -0.2) is 50.4 Å². The first kappa shape index (κ1) is 24.9. The van der Waals surface area contributed by atoms with Crippen LogP contribution in [0.1, 0.15) is 0 Å². The van der Waals surface area contributed by atoms with Crippen molar-refractivity contribution >= 4 is 45.6 Å². The molecule has 0 aliphatic heterocycles. The molecule has 1 N–H and O–H groups in total. The summed E-state index contributed by atoms with van der Waals surface area (Å²) in [5, 5.41) is 19.1. The zero-order chi connectivity index (χ0) is 26.8. The standard InChI is InChI=1S/C25H19FN6O5S/c1-36-20-11-16-19(12-21(20)37-2)28-25(38-13-22(33)27-18-6-4-3-5-17(18)26)31-24(16)29-23(30-31)14-7-9-15(10-8-14)32(34)35/h3-12H,13H2,1-2H3,(H,27,33). The van der Waals surface area contributed by atoms with E-state index in [2.05, 4.69) is 20.4 Å². The summed E-state index contributed by atoms with van der Waals surface area (Å²) in [6.07, 6.45) is 0. The predicted molar refractivity (Wildman–Crippen MR) is 139 cm³/mol. The summed E-state index contributed by atoms with van der Waals surface area (Å²) in [7, 11) is 3.02. The third-order valence-electron chi connectivity index (χ3n) is 5.56. The van der Waals surface area contributed by atoms with E-state index in [-0.39, 0.29) is 17.1 Å². The largest absolute Gasteiger partial charge is 0.493 e. The third-order valence-corrected chi connectivity index (χ3v) is 6.49. The highest BCUT2D eigenvalue weighted by Crippen LogP contribution is 2.35. The molecule has 192 valence electrons. The molecule has 0 aliphatic rings. The number of non-ortho nitro benzene ring substituents is 1. The van der Waals surface area contributed by atoms with Gasteiger partial charge in [0.1, 0.15) is 5.82 Å². The van der Waals surface area contributed by atoms with Crippen LogP contribution < -0.4 is 14.8 Å². The first-order valence-corrected chi connectivity index (χ1v) is 12.1. The van der Waals surface area contributed by atoms with Crippen molar-refractivity contribution in [1.82, 2.24) is 19.6 Å². The second-order valence-electron chi connectivity index (χ2n) is 7.91. The molecule has 0 saturated heterocycles. The van der Waals surface area contributed by atoms with Crippen LogP contribution in [0.3, 0.4) is 0 Å². The summed E-state index contributed by atoms with van der Waals surface area (Å²) in [6, 6.07) is 15.2. The number of benzene rings is 3. The maximum absolute atomic E-state index is 13.9. The topological polar surface area (TPSA) is 134 Å². The average Bonchev–Trinajstić information content (AvgIpc) is 3.38. The SMILES string of the molecule is COc1cc2nc(SCC(=O)Nc3ccccc3F)n3nc(-c4ccc([N+](=O)[O-])cc4)nc3c2cc1OC. The molecule has 2 heterocycles. The van der Waals surface area contributed by atoms with Crippen molar-refractivity contribution in [1.29, 1.82) is 0 Å². The number of hydrogen-bond acceptors (Lipinski definition) is 9. The number of methoxy groups -OCH3 is 2. The smallest absolute Gasteiger partial charge is 0.269 e. The number of aromatic nitrogens is 4. The van der Waals surface area contributed by atoms with Crippen LogP contribution in [0.4, 0.5) is 15.8 Å². The Balaban J connectivity index is 1.56. The second-order valence-corrected chi connectivity index (χ2v) is 8.85. The molecule has 0 saturated carbocycles. The number of nitrogens with one attached hydrogen (secondary N) is 1. The Bertz CT molecular complexity index is 1690. The van der Waals surface area contributed by atoms with Crippen molar-refractivity contribution in [3.8, 4) is 22.9 Å². The Morgan fingerprint density at radius 3 is 2.47 bits per heavy atom. The monoisotopic (exact) mass is 534 g/mol. The van der Waals surface area contributed by atoms with Crippen LogP contribution >= 0.6 is 11.8 Å². The fraction of sp³-hybridized carbons (Fsp3) is 0.120. The van der Waals surface area contributed by atoms with Gasteiger partial charge < -0.3 is 14.8 Å². The van der Waals surface area contributed by atoms with Crippen LogP contribution in [0, 0.1) is 15.9 Å². The Morgan fingerprint density at radius 1 is 1.08 bits per heavy atom. The van der Waals surface area contributed by atoms with Gasteiger partial charge in [-0.25, -0.2) is 14.4 Å². The van der Waals surface area contributed by atoms with Crippen LogP contribution in [0.2, 0.25) is 0 Å². The number of para-hydroxylation sites is 1. The number of fused-ring (bicyclic) bond motifs is 3. The van der Waals surface area contributed by atoms with Gasteiger partial charge in [-0.05, 0) is 30.3 Å². The van der Waals surface area contributed by atoms with Gasteiger partial charge in [0.15, 0.2) is 28.1 Å². The lowest BCUT2D eigenvalue weighted by molar-refractivity contribution is -0.384. The van der Waals surface area contributed by atoms with E-state index in [0.717, 1.165) is 11.8 Å². The number of hydrogen-bond donors (Lipinski definition) is 1. The lowest BCUT2D eigenvalue weighted by Crippen LogP contribution is -2.15. The molecular weight excluding hydrogens is 515 g/mol. The zero-order valence-corrected chi connectivity index (χ0v) is 20.9. The van der Waals surface area contributed by atoms with E-state index in [4.69, 9.17) is 9.47 Å². The van der Waals surface area contributed by atoms with E-state index < -0.39 is 16.6 Å². The number of nitrogens with zero attached hydrogens (tertiary/aromatic N) is 5. The number of carbonyl (C=O) groups excluding carboxylic acids is 1. The Labute approximate surface area is 218 Å². The average molecular weight is 535 g/mol. The minimum Gasteiger partial charge on any atom is -0.493 e. The van der Waals surface area contributed by atoms with Crippen molar-refractivity contribution in [2.24, 2.45) is 0 Å². The highest BCUT2D eigenvalue weighted by molar-refractivity contribution is 7.99. The van der Waals surface area contributed by atoms with Gasteiger partial charge in [-0.3, -0.25) is 14.9 Å². The van der Waals surface area contributed by atoms with Crippen molar-refractivity contribution < 1.29 is 23.6 Å². The minimum atomic E-state index is -0.540. The van der Waals surface area contributed by atoms with Gasteiger partial charge in [-0.2, -0.15) is 4.52 Å². The number of rotatable bonds is 8. The van der Waals surface area contributed by atoms with Gasteiger partial charge in [-0.1, -0.05) is 23.9 Å². The van der Waals surface area contributed by atoms with Crippen molar-refractivity contribution in [2.75, 3.05) is 25.3 Å². The van der Waals surface area contributed by atoms with E-state index >= 15 is 0 Å². The van der Waals surface area contributed by atoms with Gasteiger partial charge in [0.25, 0.3) is 5.69 Å². The number of halogens is 1. The van der Waals surface area contributed by atoms with Gasteiger partial charge >= 0.3 is 0 Å². The number of thioether (sulfide) groups is 1. The quantitative estimate of drug-likeness (QED) is 0.130. The molecule has 0 unspecified atom stereocenters. The first-order chi connectivity index (χ1) is 18.4. The number of carbonyl (C=O) groups is 1. The van der Waals surface area contributed by atoms with Crippen LogP contribution in [0.5, 0.6) is 11.5 Å². The van der Waals surface area contributed by atoms with E-state index in [1.165, 1.54) is 49.1 Å². The summed E-state index contributed by atoms with van der Waals surface area (Å²) in [5.74, 6) is 0.178. The van der Waals surface area contributed by atoms with Crippen LogP contribution in [0.25, 0.3) is 27.9 Å². The molecular formula is C25H19FN6O5S. The molecule has 1 amide bonds. The predicted octanol–water partition coefficient (Wildman–Crippen LogP) is 4.74. The molecule has 0 spiro atoms. The Kier molecular flexibility index (Phi) is 6.75. The molecule has 2 aromatic heterocycles. The van der Waals surface area contributed by atoms with Gasteiger partial charge in [0.05, 0.1) is 36.1 Å². The summed E-state index contributed by atoms with van der Waals surface area (Å²) in [4.78, 5) is 32.5. The molecule has 0 bridgehead atoms. The number of nitro groups is 1. The highest BCUT2D eigenvalue weighted by atomic mass is 32.2. The number of anilines is 1. The van der Waals surface area contributed by atoms with Crippen LogP contribution in [0.15, 0.2) is 65.8 Å². The van der Waals surface area contributed by atoms with E-state index in [1.54, 1.807) is 30.3 Å². The second kappa shape index (κ2) is 10.3. The molecule has 0 fully saturated rings. The highest BCUT2D eigenvalue weighted by Gasteiger charge is 2.19. The van der Waals surface area contributed by atoms with Gasteiger partial charge in [0, 0.05) is 29.1 Å². The Morgan fingerprint density at radius 2 is 1.79 bits per heavy atom. The van der Waals surface area contributed by atoms with E-state index in [0.29, 0.717) is 44.6 Å². The fourth-order valence-corrected chi connectivity index (χ4v) is 4.48. The lowest BCUT2D eigenvalue weighted by atomic mass is 10.2. The summed E-state index contributed by atoms with van der Waals surface area (Å²) < 4.78 is 26.3. The third kappa shape index (κ3) is 4.78. The maximum Gasteiger partial charge on any atom is 0.269 e. The van der Waals surface area contributed by atoms with Crippen molar-refractivity contribution in [2.45, 2.75) is 5.16 Å². The molecule has 38 heavy (non-hydrogen) atoms. The van der Waals surface area contributed by atoms with E-state index in [1.807, 2.05) is 0 Å². The zero-order valence-electron chi connectivity index (χ0n) is 20.0. The Hall–Kier alpha value is -4.78. The van der Waals surface area contributed by atoms with Crippen molar-refractivity contribution in [3.63, 3.8) is 0 Å². The number of amides is 1.